The lowest BCUT2D eigenvalue weighted by Gasteiger charge is -2.34. The van der Waals surface area contributed by atoms with Gasteiger partial charge in [-0.25, -0.2) is 0 Å². The zero-order valence-corrected chi connectivity index (χ0v) is 14.1. The van der Waals surface area contributed by atoms with Crippen LogP contribution in [0.25, 0.3) is 0 Å². The highest BCUT2D eigenvalue weighted by molar-refractivity contribution is 6.00. The van der Waals surface area contributed by atoms with Crippen LogP contribution in [0.2, 0.25) is 0 Å². The second-order valence-electron chi connectivity index (χ2n) is 6.40. The van der Waals surface area contributed by atoms with Crippen LogP contribution in [0.3, 0.4) is 0 Å². The molecular formula is C20H22N2O2. The number of rotatable bonds is 4. The third-order valence-corrected chi connectivity index (χ3v) is 4.06. The lowest BCUT2D eigenvalue weighted by atomic mass is 10.0. The van der Waals surface area contributed by atoms with Crippen LogP contribution in [0.15, 0.2) is 54.6 Å². The summed E-state index contributed by atoms with van der Waals surface area (Å²) in [5.41, 5.74) is 10.4. The molecule has 3 rings (SSSR count). The second-order valence-corrected chi connectivity index (χ2v) is 6.40. The molecule has 0 radical (unpaired) electrons. The number of anilines is 2. The summed E-state index contributed by atoms with van der Waals surface area (Å²) in [5, 5.41) is 0. The van der Waals surface area contributed by atoms with Gasteiger partial charge >= 0.3 is 0 Å². The molecule has 1 unspecified atom stereocenters. The van der Waals surface area contributed by atoms with E-state index in [1.165, 1.54) is 5.56 Å². The molecule has 1 aliphatic rings. The number of ether oxygens (including phenoxy) is 1. The van der Waals surface area contributed by atoms with Crippen molar-refractivity contribution in [3.8, 4) is 5.75 Å². The van der Waals surface area contributed by atoms with E-state index in [9.17, 15) is 4.79 Å². The van der Waals surface area contributed by atoms with Gasteiger partial charge < -0.3 is 15.4 Å². The van der Waals surface area contributed by atoms with Crippen molar-refractivity contribution in [2.45, 2.75) is 26.4 Å². The maximum Gasteiger partial charge on any atom is 0.268 e. The highest BCUT2D eigenvalue weighted by Gasteiger charge is 2.34. The van der Waals surface area contributed by atoms with E-state index in [-0.39, 0.29) is 5.91 Å². The van der Waals surface area contributed by atoms with Crippen molar-refractivity contribution in [1.29, 1.82) is 0 Å². The van der Waals surface area contributed by atoms with Crippen LogP contribution in [-0.4, -0.2) is 18.6 Å². The van der Waals surface area contributed by atoms with Crippen LogP contribution < -0.4 is 15.4 Å². The summed E-state index contributed by atoms with van der Waals surface area (Å²) in [7, 11) is 0. The molecule has 4 heteroatoms. The predicted molar refractivity (Wildman–Crippen MR) is 97.3 cm³/mol. The normalized spacial score (nSPS) is 16.5. The van der Waals surface area contributed by atoms with E-state index < -0.39 is 6.10 Å². The Labute approximate surface area is 142 Å². The van der Waals surface area contributed by atoms with Gasteiger partial charge in [-0.2, -0.15) is 0 Å². The number of carbonyl (C=O) groups is 1. The molecule has 2 aromatic rings. The van der Waals surface area contributed by atoms with E-state index >= 15 is 0 Å². The van der Waals surface area contributed by atoms with Gasteiger partial charge in [-0.15, -0.1) is 0 Å². The summed E-state index contributed by atoms with van der Waals surface area (Å²) < 4.78 is 5.97. The first kappa shape index (κ1) is 16.1. The van der Waals surface area contributed by atoms with Gasteiger partial charge in [0.2, 0.25) is 0 Å². The van der Waals surface area contributed by atoms with E-state index in [4.69, 9.17) is 10.5 Å². The Morgan fingerprint density at radius 2 is 1.96 bits per heavy atom. The molecule has 0 saturated carbocycles. The molecule has 0 aromatic heterocycles. The maximum atomic E-state index is 12.9. The molecule has 1 aliphatic heterocycles. The third kappa shape index (κ3) is 3.27. The minimum atomic E-state index is -0.554. The van der Waals surface area contributed by atoms with E-state index in [2.05, 4.69) is 6.58 Å². The summed E-state index contributed by atoms with van der Waals surface area (Å²) in [6.45, 7) is 8.36. The lowest BCUT2D eigenvalue weighted by Crippen LogP contribution is -2.47. The number of aryl methyl sites for hydroxylation is 1. The standard InChI is InChI=1S/C20H22N2O2/c1-13(2)12-22-17-9-8-16(21)11-18(17)24-19(20(22)23)10-15-6-4-14(3)5-7-15/h4-9,11,19H,1,10,12,21H2,2-3H3. The van der Waals surface area contributed by atoms with Crippen molar-refractivity contribution in [2.24, 2.45) is 0 Å². The quantitative estimate of drug-likeness (QED) is 0.692. The van der Waals surface area contributed by atoms with Crippen molar-refractivity contribution >= 4 is 17.3 Å². The van der Waals surface area contributed by atoms with Gasteiger partial charge in [-0.3, -0.25) is 4.79 Å². The molecule has 124 valence electrons. The lowest BCUT2D eigenvalue weighted by molar-refractivity contribution is -0.126. The largest absolute Gasteiger partial charge is 0.478 e. The average molecular weight is 322 g/mol. The van der Waals surface area contributed by atoms with E-state index in [1.807, 2.05) is 44.2 Å². The number of amides is 1. The Morgan fingerprint density at radius 3 is 2.62 bits per heavy atom. The summed E-state index contributed by atoms with van der Waals surface area (Å²) in [4.78, 5) is 14.6. The van der Waals surface area contributed by atoms with Gasteiger partial charge in [0.05, 0.1) is 5.69 Å². The van der Waals surface area contributed by atoms with Crippen LogP contribution in [0.1, 0.15) is 18.1 Å². The smallest absolute Gasteiger partial charge is 0.268 e. The first-order valence-corrected chi connectivity index (χ1v) is 8.01. The fourth-order valence-corrected chi connectivity index (χ4v) is 2.84. The number of benzene rings is 2. The fourth-order valence-electron chi connectivity index (χ4n) is 2.84. The number of nitrogens with zero attached hydrogens (tertiary/aromatic N) is 1. The summed E-state index contributed by atoms with van der Waals surface area (Å²) in [6.07, 6.45) is -0.0265. The first-order chi connectivity index (χ1) is 11.4. The number of fused-ring (bicyclic) bond motifs is 1. The van der Waals surface area contributed by atoms with Gasteiger partial charge in [0, 0.05) is 24.7 Å². The zero-order chi connectivity index (χ0) is 17.3. The van der Waals surface area contributed by atoms with E-state index in [0.717, 1.165) is 16.8 Å². The van der Waals surface area contributed by atoms with Gasteiger partial charge in [0.1, 0.15) is 5.75 Å². The number of hydrogen-bond donors (Lipinski definition) is 1. The highest BCUT2D eigenvalue weighted by Crippen LogP contribution is 2.36. The average Bonchev–Trinajstić information content (AvgIpc) is 2.53. The topological polar surface area (TPSA) is 55.6 Å². The fraction of sp³-hybridized carbons (Fsp3) is 0.250. The van der Waals surface area contributed by atoms with Crippen LogP contribution in [0.5, 0.6) is 5.75 Å². The first-order valence-electron chi connectivity index (χ1n) is 8.01. The SMILES string of the molecule is C=C(C)CN1C(=O)C(Cc2ccc(C)cc2)Oc2cc(N)ccc21. The molecule has 24 heavy (non-hydrogen) atoms. The van der Waals surface area contributed by atoms with Crippen molar-refractivity contribution in [2.75, 3.05) is 17.2 Å². The molecule has 2 aromatic carbocycles. The number of hydrogen-bond acceptors (Lipinski definition) is 3. The van der Waals surface area contributed by atoms with Gasteiger partial charge in [0.25, 0.3) is 5.91 Å². The third-order valence-electron chi connectivity index (χ3n) is 4.06. The molecule has 0 bridgehead atoms. The van der Waals surface area contributed by atoms with Gasteiger partial charge in [-0.05, 0) is 31.5 Å². The molecule has 0 fully saturated rings. The molecular weight excluding hydrogens is 300 g/mol. The minimum absolute atomic E-state index is 0.0455. The van der Waals surface area contributed by atoms with Crippen molar-refractivity contribution in [3.63, 3.8) is 0 Å². The summed E-state index contributed by atoms with van der Waals surface area (Å²) in [5.74, 6) is 0.601. The Kier molecular flexibility index (Phi) is 4.30. The summed E-state index contributed by atoms with van der Waals surface area (Å²) >= 11 is 0. The Hall–Kier alpha value is -2.75. The number of nitrogens with two attached hydrogens (primary N) is 1. The second kappa shape index (κ2) is 6.40. The molecule has 0 aliphatic carbocycles. The molecule has 4 nitrogen and oxygen atoms in total. The van der Waals surface area contributed by atoms with Gasteiger partial charge in [0.15, 0.2) is 6.10 Å². The Morgan fingerprint density at radius 1 is 1.25 bits per heavy atom. The molecule has 0 saturated heterocycles. The number of carbonyl (C=O) groups excluding carboxylic acids is 1. The minimum Gasteiger partial charge on any atom is -0.478 e. The molecule has 1 atom stereocenters. The van der Waals surface area contributed by atoms with Crippen LogP contribution in [0.4, 0.5) is 11.4 Å². The van der Waals surface area contributed by atoms with Crippen molar-refractivity contribution in [1.82, 2.24) is 0 Å². The number of nitrogen functional groups attached to an aromatic ring is 1. The van der Waals surface area contributed by atoms with Gasteiger partial charge in [-0.1, -0.05) is 42.0 Å². The Balaban J connectivity index is 1.92. The Bertz CT molecular complexity index is 781. The zero-order valence-electron chi connectivity index (χ0n) is 14.1. The van der Waals surface area contributed by atoms with Crippen molar-refractivity contribution < 1.29 is 9.53 Å². The maximum absolute atomic E-state index is 12.9. The molecule has 2 N–H and O–H groups in total. The van der Waals surface area contributed by atoms with E-state index in [1.54, 1.807) is 17.0 Å². The highest BCUT2D eigenvalue weighted by atomic mass is 16.5. The van der Waals surface area contributed by atoms with E-state index in [0.29, 0.717) is 24.4 Å². The molecule has 1 heterocycles. The van der Waals surface area contributed by atoms with Crippen LogP contribution in [0, 0.1) is 6.92 Å². The molecule has 1 amide bonds. The van der Waals surface area contributed by atoms with Crippen molar-refractivity contribution in [3.05, 3.63) is 65.7 Å². The molecule has 0 spiro atoms. The summed E-state index contributed by atoms with van der Waals surface area (Å²) in [6, 6.07) is 13.5. The predicted octanol–water partition coefficient (Wildman–Crippen LogP) is 3.49. The van der Waals surface area contributed by atoms with Crippen LogP contribution >= 0.6 is 0 Å². The van der Waals surface area contributed by atoms with Crippen LogP contribution in [-0.2, 0) is 11.2 Å². The monoisotopic (exact) mass is 322 g/mol.